The number of pyridine rings is 1. The molecular formula is C14H21N3O2. The van der Waals surface area contributed by atoms with E-state index in [1.807, 2.05) is 14.0 Å². The SMILES string of the molecule is CCNc1cnccc1C(=O)N(C)CC1CCCO1. The summed E-state index contributed by atoms with van der Waals surface area (Å²) in [6, 6.07) is 1.76. The molecule has 0 saturated carbocycles. The van der Waals surface area contributed by atoms with Gasteiger partial charge in [0, 0.05) is 32.9 Å². The van der Waals surface area contributed by atoms with Crippen LogP contribution in [0.4, 0.5) is 5.69 Å². The molecule has 1 aliphatic heterocycles. The van der Waals surface area contributed by atoms with E-state index >= 15 is 0 Å². The number of carbonyl (C=O) groups is 1. The Morgan fingerprint density at radius 1 is 1.63 bits per heavy atom. The third-order valence-electron chi connectivity index (χ3n) is 3.27. The van der Waals surface area contributed by atoms with Crippen molar-refractivity contribution in [1.82, 2.24) is 9.88 Å². The van der Waals surface area contributed by atoms with Crippen molar-refractivity contribution in [1.29, 1.82) is 0 Å². The predicted molar refractivity (Wildman–Crippen MR) is 74.3 cm³/mol. The van der Waals surface area contributed by atoms with Gasteiger partial charge in [-0.15, -0.1) is 0 Å². The van der Waals surface area contributed by atoms with E-state index < -0.39 is 0 Å². The maximum absolute atomic E-state index is 12.4. The first-order valence-electron chi connectivity index (χ1n) is 6.77. The lowest BCUT2D eigenvalue weighted by Gasteiger charge is -2.22. The quantitative estimate of drug-likeness (QED) is 0.879. The van der Waals surface area contributed by atoms with Crippen LogP contribution in [0.25, 0.3) is 0 Å². The molecule has 1 saturated heterocycles. The fourth-order valence-corrected chi connectivity index (χ4v) is 2.29. The Balaban J connectivity index is 2.05. The summed E-state index contributed by atoms with van der Waals surface area (Å²) in [6.07, 6.45) is 5.64. The van der Waals surface area contributed by atoms with Gasteiger partial charge in [0.1, 0.15) is 0 Å². The first kappa shape index (κ1) is 13.8. The molecule has 1 N–H and O–H groups in total. The molecule has 0 aliphatic carbocycles. The van der Waals surface area contributed by atoms with Crippen LogP contribution >= 0.6 is 0 Å². The Morgan fingerprint density at radius 2 is 2.47 bits per heavy atom. The van der Waals surface area contributed by atoms with E-state index in [1.165, 1.54) is 0 Å². The van der Waals surface area contributed by atoms with Gasteiger partial charge in [0.05, 0.1) is 23.6 Å². The van der Waals surface area contributed by atoms with Crippen LogP contribution in [0.3, 0.4) is 0 Å². The van der Waals surface area contributed by atoms with E-state index in [2.05, 4.69) is 10.3 Å². The maximum Gasteiger partial charge on any atom is 0.255 e. The van der Waals surface area contributed by atoms with Crippen LogP contribution in [-0.4, -0.2) is 48.6 Å². The summed E-state index contributed by atoms with van der Waals surface area (Å²) >= 11 is 0. The monoisotopic (exact) mass is 263 g/mol. The van der Waals surface area contributed by atoms with E-state index in [-0.39, 0.29) is 12.0 Å². The van der Waals surface area contributed by atoms with Gasteiger partial charge in [-0.1, -0.05) is 0 Å². The minimum Gasteiger partial charge on any atom is -0.383 e. The zero-order valence-corrected chi connectivity index (χ0v) is 11.6. The second-order valence-corrected chi connectivity index (χ2v) is 4.77. The molecule has 1 aliphatic rings. The molecule has 1 amide bonds. The van der Waals surface area contributed by atoms with Crippen molar-refractivity contribution in [3.8, 4) is 0 Å². The molecule has 1 aromatic rings. The fraction of sp³-hybridized carbons (Fsp3) is 0.571. The Bertz CT molecular complexity index is 430. The topological polar surface area (TPSA) is 54.5 Å². The number of rotatable bonds is 5. The van der Waals surface area contributed by atoms with Crippen molar-refractivity contribution < 1.29 is 9.53 Å². The van der Waals surface area contributed by atoms with Crippen LogP contribution in [0.5, 0.6) is 0 Å². The smallest absolute Gasteiger partial charge is 0.255 e. The number of hydrogen-bond donors (Lipinski definition) is 1. The van der Waals surface area contributed by atoms with E-state index in [9.17, 15) is 4.79 Å². The lowest BCUT2D eigenvalue weighted by atomic mass is 10.1. The highest BCUT2D eigenvalue weighted by Gasteiger charge is 2.22. The Labute approximate surface area is 114 Å². The van der Waals surface area contributed by atoms with Gasteiger partial charge in [-0.25, -0.2) is 0 Å². The summed E-state index contributed by atoms with van der Waals surface area (Å²) in [5.74, 6) is 0.00819. The number of anilines is 1. The summed E-state index contributed by atoms with van der Waals surface area (Å²) in [4.78, 5) is 18.2. The largest absolute Gasteiger partial charge is 0.383 e. The lowest BCUT2D eigenvalue weighted by molar-refractivity contribution is 0.0587. The highest BCUT2D eigenvalue weighted by molar-refractivity contribution is 5.99. The van der Waals surface area contributed by atoms with Crippen LogP contribution in [0.1, 0.15) is 30.1 Å². The Morgan fingerprint density at radius 3 is 3.16 bits per heavy atom. The van der Waals surface area contributed by atoms with Gasteiger partial charge >= 0.3 is 0 Å². The van der Waals surface area contributed by atoms with E-state index in [0.29, 0.717) is 12.1 Å². The number of ether oxygens (including phenoxy) is 1. The number of likely N-dealkylation sites (N-methyl/N-ethyl adjacent to an activating group) is 1. The van der Waals surface area contributed by atoms with Crippen molar-refractivity contribution in [2.45, 2.75) is 25.9 Å². The zero-order chi connectivity index (χ0) is 13.7. The molecule has 5 nitrogen and oxygen atoms in total. The van der Waals surface area contributed by atoms with Gasteiger partial charge < -0.3 is 15.0 Å². The van der Waals surface area contributed by atoms with Gasteiger partial charge in [0.25, 0.3) is 5.91 Å². The Hall–Kier alpha value is -1.62. The fourth-order valence-electron chi connectivity index (χ4n) is 2.29. The van der Waals surface area contributed by atoms with Crippen molar-refractivity contribution >= 4 is 11.6 Å². The normalized spacial score (nSPS) is 18.3. The zero-order valence-electron chi connectivity index (χ0n) is 11.6. The highest BCUT2D eigenvalue weighted by atomic mass is 16.5. The first-order valence-corrected chi connectivity index (χ1v) is 6.77. The number of nitrogens with zero attached hydrogens (tertiary/aromatic N) is 2. The summed E-state index contributed by atoms with van der Waals surface area (Å²) in [5.41, 5.74) is 1.45. The molecule has 1 aromatic heterocycles. The molecular weight excluding hydrogens is 242 g/mol. The second-order valence-electron chi connectivity index (χ2n) is 4.77. The summed E-state index contributed by atoms with van der Waals surface area (Å²) in [6.45, 7) is 4.22. The average molecular weight is 263 g/mol. The lowest BCUT2D eigenvalue weighted by Crippen LogP contribution is -2.34. The minimum absolute atomic E-state index is 0.00819. The minimum atomic E-state index is 0.00819. The molecule has 19 heavy (non-hydrogen) atoms. The average Bonchev–Trinajstić information content (AvgIpc) is 2.92. The predicted octanol–water partition coefficient (Wildman–Crippen LogP) is 1.76. The van der Waals surface area contributed by atoms with Crippen molar-refractivity contribution in [3.05, 3.63) is 24.0 Å². The summed E-state index contributed by atoms with van der Waals surface area (Å²) in [5, 5.41) is 3.16. The van der Waals surface area contributed by atoms with Crippen LogP contribution in [-0.2, 0) is 4.74 Å². The highest BCUT2D eigenvalue weighted by Crippen LogP contribution is 2.17. The van der Waals surface area contributed by atoms with E-state index in [1.54, 1.807) is 23.4 Å². The van der Waals surface area contributed by atoms with Gasteiger partial charge in [0.2, 0.25) is 0 Å². The molecule has 1 unspecified atom stereocenters. The molecule has 0 bridgehead atoms. The van der Waals surface area contributed by atoms with Crippen molar-refractivity contribution in [3.63, 3.8) is 0 Å². The van der Waals surface area contributed by atoms with Crippen molar-refractivity contribution in [2.24, 2.45) is 0 Å². The van der Waals surface area contributed by atoms with E-state index in [0.717, 1.165) is 31.7 Å². The molecule has 0 spiro atoms. The second kappa shape index (κ2) is 6.52. The summed E-state index contributed by atoms with van der Waals surface area (Å²) in [7, 11) is 1.82. The molecule has 0 radical (unpaired) electrons. The first-order chi connectivity index (χ1) is 9.22. The Kier molecular flexibility index (Phi) is 4.74. The number of carbonyl (C=O) groups excluding carboxylic acids is 1. The van der Waals surface area contributed by atoms with Crippen LogP contribution < -0.4 is 5.32 Å². The van der Waals surface area contributed by atoms with Gasteiger partial charge in [0.15, 0.2) is 0 Å². The number of aromatic nitrogens is 1. The third kappa shape index (κ3) is 3.44. The molecule has 5 heteroatoms. The standard InChI is InChI=1S/C14H21N3O2/c1-3-16-13-9-15-7-6-12(13)14(18)17(2)10-11-5-4-8-19-11/h6-7,9,11,16H,3-5,8,10H2,1-2H3. The third-order valence-corrected chi connectivity index (χ3v) is 3.27. The number of amides is 1. The number of hydrogen-bond acceptors (Lipinski definition) is 4. The summed E-state index contributed by atoms with van der Waals surface area (Å²) < 4.78 is 5.57. The van der Waals surface area contributed by atoms with Crippen molar-refractivity contribution in [2.75, 3.05) is 32.1 Å². The molecule has 0 aromatic carbocycles. The van der Waals surface area contributed by atoms with Gasteiger partial charge in [-0.2, -0.15) is 0 Å². The van der Waals surface area contributed by atoms with Gasteiger partial charge in [-0.3, -0.25) is 9.78 Å². The van der Waals surface area contributed by atoms with Crippen LogP contribution in [0.15, 0.2) is 18.5 Å². The van der Waals surface area contributed by atoms with E-state index in [4.69, 9.17) is 4.74 Å². The number of nitrogens with one attached hydrogen (secondary N) is 1. The molecule has 2 rings (SSSR count). The van der Waals surface area contributed by atoms with Crippen LogP contribution in [0, 0.1) is 0 Å². The van der Waals surface area contributed by atoms with Gasteiger partial charge in [-0.05, 0) is 25.8 Å². The molecule has 1 atom stereocenters. The maximum atomic E-state index is 12.4. The molecule has 1 fully saturated rings. The molecule has 2 heterocycles. The molecule has 104 valence electrons. The van der Waals surface area contributed by atoms with Crippen LogP contribution in [0.2, 0.25) is 0 Å².